The number of nitrogens with zero attached hydrogens (tertiary/aromatic N) is 2. The van der Waals surface area contributed by atoms with Crippen molar-refractivity contribution in [1.82, 2.24) is 9.21 Å². The second kappa shape index (κ2) is 6.81. The van der Waals surface area contributed by atoms with Crippen LogP contribution in [0.3, 0.4) is 0 Å². The molecule has 0 bridgehead atoms. The second-order valence-corrected chi connectivity index (χ2v) is 7.76. The first kappa shape index (κ1) is 16.3. The summed E-state index contributed by atoms with van der Waals surface area (Å²) in [4.78, 5) is 14.5. The van der Waals surface area contributed by atoms with Gasteiger partial charge in [-0.3, -0.25) is 4.79 Å². The molecule has 0 spiro atoms. The van der Waals surface area contributed by atoms with E-state index in [-0.39, 0.29) is 5.91 Å². The van der Waals surface area contributed by atoms with E-state index in [1.54, 1.807) is 28.8 Å². The number of thioether (sulfide) groups is 1. The zero-order valence-electron chi connectivity index (χ0n) is 12.3. The largest absolute Gasteiger partial charge is 0.342 e. The molecule has 7 heteroatoms. The molecule has 0 N–H and O–H groups in total. The van der Waals surface area contributed by atoms with E-state index in [4.69, 9.17) is 0 Å². The van der Waals surface area contributed by atoms with Gasteiger partial charge in [0.05, 0.1) is 4.90 Å². The molecule has 0 aromatic heterocycles. The van der Waals surface area contributed by atoms with Crippen molar-refractivity contribution in [3.8, 4) is 0 Å². The standard InChI is InChI=1S/C14H20N2O3S2/c1-12(17)15-8-3-9-16(11-10-15)21(18,19)14-6-4-13(20-2)5-7-14/h4-7H,3,8-11H2,1-2H3. The molecule has 1 heterocycles. The first-order chi connectivity index (χ1) is 9.95. The monoisotopic (exact) mass is 328 g/mol. The molecule has 21 heavy (non-hydrogen) atoms. The first-order valence-corrected chi connectivity index (χ1v) is 9.51. The Morgan fingerprint density at radius 1 is 1.10 bits per heavy atom. The van der Waals surface area contributed by atoms with Crippen LogP contribution in [-0.2, 0) is 14.8 Å². The van der Waals surface area contributed by atoms with Gasteiger partial charge >= 0.3 is 0 Å². The van der Waals surface area contributed by atoms with Crippen molar-refractivity contribution < 1.29 is 13.2 Å². The van der Waals surface area contributed by atoms with Gasteiger partial charge in [0.15, 0.2) is 0 Å². The molecule has 1 amide bonds. The van der Waals surface area contributed by atoms with Gasteiger partial charge in [-0.15, -0.1) is 11.8 Å². The van der Waals surface area contributed by atoms with Crippen LogP contribution in [0.15, 0.2) is 34.1 Å². The van der Waals surface area contributed by atoms with Crippen molar-refractivity contribution in [2.75, 3.05) is 32.4 Å². The second-order valence-electron chi connectivity index (χ2n) is 4.94. The molecule has 0 unspecified atom stereocenters. The molecular formula is C14H20N2O3S2. The molecule has 1 aliphatic heterocycles. The maximum atomic E-state index is 12.6. The number of hydrogen-bond acceptors (Lipinski definition) is 4. The number of amides is 1. The highest BCUT2D eigenvalue weighted by atomic mass is 32.2. The molecule has 5 nitrogen and oxygen atoms in total. The summed E-state index contributed by atoms with van der Waals surface area (Å²) in [5, 5.41) is 0. The number of carbonyl (C=O) groups excluding carboxylic acids is 1. The summed E-state index contributed by atoms with van der Waals surface area (Å²) in [5.74, 6) is -0.00132. The van der Waals surface area contributed by atoms with Crippen molar-refractivity contribution >= 4 is 27.7 Å². The third-order valence-electron chi connectivity index (χ3n) is 3.60. The van der Waals surface area contributed by atoms with Gasteiger partial charge in [0, 0.05) is 38.0 Å². The molecule has 2 rings (SSSR count). The topological polar surface area (TPSA) is 57.7 Å². The Hall–Kier alpha value is -1.05. The van der Waals surface area contributed by atoms with Crippen LogP contribution in [0.5, 0.6) is 0 Å². The predicted octanol–water partition coefficient (Wildman–Crippen LogP) is 1.65. The van der Waals surface area contributed by atoms with Crippen LogP contribution in [0.25, 0.3) is 0 Å². The molecule has 0 saturated carbocycles. The summed E-state index contributed by atoms with van der Waals surface area (Å²) in [6.07, 6.45) is 2.62. The van der Waals surface area contributed by atoms with Crippen molar-refractivity contribution in [1.29, 1.82) is 0 Å². The molecule has 116 valence electrons. The van der Waals surface area contributed by atoms with Gasteiger partial charge in [-0.2, -0.15) is 4.31 Å². The van der Waals surface area contributed by atoms with E-state index in [2.05, 4.69) is 0 Å². The Labute approximate surface area is 130 Å². The van der Waals surface area contributed by atoms with Gasteiger partial charge in [0.1, 0.15) is 0 Å². The van der Waals surface area contributed by atoms with E-state index in [1.807, 2.05) is 18.4 Å². The quantitative estimate of drug-likeness (QED) is 0.792. The molecule has 0 atom stereocenters. The third kappa shape index (κ3) is 3.78. The van der Waals surface area contributed by atoms with Crippen LogP contribution in [-0.4, -0.2) is 56.0 Å². The van der Waals surface area contributed by atoms with Crippen molar-refractivity contribution in [2.24, 2.45) is 0 Å². The zero-order chi connectivity index (χ0) is 15.5. The smallest absolute Gasteiger partial charge is 0.243 e. The molecule has 1 saturated heterocycles. The summed E-state index contributed by atoms with van der Waals surface area (Å²) in [7, 11) is -3.47. The highest BCUT2D eigenvalue weighted by Gasteiger charge is 2.27. The van der Waals surface area contributed by atoms with Crippen LogP contribution in [0, 0.1) is 0 Å². The number of rotatable bonds is 3. The van der Waals surface area contributed by atoms with E-state index in [1.165, 1.54) is 11.2 Å². The maximum absolute atomic E-state index is 12.6. The third-order valence-corrected chi connectivity index (χ3v) is 6.25. The van der Waals surface area contributed by atoms with E-state index in [9.17, 15) is 13.2 Å². The van der Waals surface area contributed by atoms with E-state index >= 15 is 0 Å². The first-order valence-electron chi connectivity index (χ1n) is 6.85. The fourth-order valence-corrected chi connectivity index (χ4v) is 4.22. The van der Waals surface area contributed by atoms with E-state index in [0.717, 1.165) is 4.90 Å². The van der Waals surface area contributed by atoms with Crippen LogP contribution < -0.4 is 0 Å². The minimum atomic E-state index is -3.47. The van der Waals surface area contributed by atoms with Crippen LogP contribution in [0.1, 0.15) is 13.3 Å². The minimum absolute atomic E-state index is 0.00132. The molecule has 0 radical (unpaired) electrons. The zero-order valence-corrected chi connectivity index (χ0v) is 13.9. The lowest BCUT2D eigenvalue weighted by atomic mass is 10.4. The summed E-state index contributed by atoms with van der Waals surface area (Å²) < 4.78 is 26.7. The van der Waals surface area contributed by atoms with Gasteiger partial charge < -0.3 is 4.90 Å². The number of sulfonamides is 1. The average Bonchev–Trinajstić information content (AvgIpc) is 2.73. The summed E-state index contributed by atoms with van der Waals surface area (Å²) in [6.45, 7) is 3.40. The van der Waals surface area contributed by atoms with Gasteiger partial charge in [-0.1, -0.05) is 0 Å². The maximum Gasteiger partial charge on any atom is 0.243 e. The normalized spacial score (nSPS) is 17.5. The summed E-state index contributed by atoms with van der Waals surface area (Å²) >= 11 is 1.58. The lowest BCUT2D eigenvalue weighted by Crippen LogP contribution is -2.36. The van der Waals surface area contributed by atoms with Crippen LogP contribution >= 0.6 is 11.8 Å². The molecule has 1 aromatic rings. The van der Waals surface area contributed by atoms with Crippen molar-refractivity contribution in [3.63, 3.8) is 0 Å². The number of carbonyl (C=O) groups is 1. The van der Waals surface area contributed by atoms with Gasteiger partial charge in [0.2, 0.25) is 15.9 Å². The van der Waals surface area contributed by atoms with Gasteiger partial charge in [-0.05, 0) is 36.9 Å². The van der Waals surface area contributed by atoms with Crippen LogP contribution in [0.4, 0.5) is 0 Å². The highest BCUT2D eigenvalue weighted by molar-refractivity contribution is 7.98. The Morgan fingerprint density at radius 2 is 1.76 bits per heavy atom. The molecule has 1 aromatic carbocycles. The minimum Gasteiger partial charge on any atom is -0.342 e. The average molecular weight is 328 g/mol. The van der Waals surface area contributed by atoms with Gasteiger partial charge in [-0.25, -0.2) is 8.42 Å². The van der Waals surface area contributed by atoms with Crippen molar-refractivity contribution in [2.45, 2.75) is 23.1 Å². The SMILES string of the molecule is CSc1ccc(S(=O)(=O)N2CCCN(C(C)=O)CC2)cc1. The van der Waals surface area contributed by atoms with E-state index < -0.39 is 10.0 Å². The van der Waals surface area contributed by atoms with E-state index in [0.29, 0.717) is 37.5 Å². The fourth-order valence-electron chi connectivity index (χ4n) is 2.35. The highest BCUT2D eigenvalue weighted by Crippen LogP contribution is 2.21. The van der Waals surface area contributed by atoms with Crippen LogP contribution in [0.2, 0.25) is 0 Å². The molecule has 1 fully saturated rings. The summed E-state index contributed by atoms with van der Waals surface area (Å²) in [6, 6.07) is 6.93. The molecule has 0 aliphatic carbocycles. The molecule has 1 aliphatic rings. The Bertz CT molecular complexity index is 599. The Balaban J connectivity index is 2.16. The lowest BCUT2D eigenvalue weighted by Gasteiger charge is -2.21. The fraction of sp³-hybridized carbons (Fsp3) is 0.500. The number of hydrogen-bond donors (Lipinski definition) is 0. The lowest BCUT2D eigenvalue weighted by molar-refractivity contribution is -0.128. The molecular weight excluding hydrogens is 308 g/mol. The van der Waals surface area contributed by atoms with Gasteiger partial charge in [0.25, 0.3) is 0 Å². The number of benzene rings is 1. The Kier molecular flexibility index (Phi) is 5.29. The Morgan fingerprint density at radius 3 is 2.33 bits per heavy atom. The van der Waals surface area contributed by atoms with Crippen molar-refractivity contribution in [3.05, 3.63) is 24.3 Å². The predicted molar refractivity (Wildman–Crippen MR) is 83.9 cm³/mol. The summed E-state index contributed by atoms with van der Waals surface area (Å²) in [5.41, 5.74) is 0.